The van der Waals surface area contributed by atoms with Crippen molar-refractivity contribution in [1.82, 2.24) is 14.5 Å². The van der Waals surface area contributed by atoms with Crippen LogP contribution in [-0.4, -0.2) is 14.5 Å². The smallest absolute Gasteiger partial charge is 0.0972 e. The molecule has 1 saturated carbocycles. The van der Waals surface area contributed by atoms with E-state index in [1.54, 1.807) is 0 Å². The van der Waals surface area contributed by atoms with E-state index in [2.05, 4.69) is 227 Å². The predicted molar refractivity (Wildman–Crippen MR) is 272 cm³/mol. The van der Waals surface area contributed by atoms with Gasteiger partial charge in [0, 0.05) is 84.5 Å². The lowest BCUT2D eigenvalue weighted by Gasteiger charge is -2.32. The molecule has 12 rings (SSSR count). The van der Waals surface area contributed by atoms with Crippen LogP contribution < -0.4 is 9.80 Å². The van der Waals surface area contributed by atoms with Gasteiger partial charge in [-0.1, -0.05) is 128 Å². The average Bonchev–Trinajstić information content (AvgIpc) is 3.71. The summed E-state index contributed by atoms with van der Waals surface area (Å²) in [6.07, 6.45) is 6.42. The normalized spacial score (nSPS) is 15.1. The maximum absolute atomic E-state index is 5.15. The number of para-hydroxylation sites is 4. The second-order valence-corrected chi connectivity index (χ2v) is 17.3. The Kier molecular flexibility index (Phi) is 9.86. The first kappa shape index (κ1) is 38.6. The number of hydrogen-bond donors (Lipinski definition) is 0. The highest BCUT2D eigenvalue weighted by atomic mass is 15.2. The first-order valence-electron chi connectivity index (χ1n) is 22.9. The number of pyridine rings is 2. The summed E-state index contributed by atoms with van der Waals surface area (Å²) >= 11 is 0. The van der Waals surface area contributed by atoms with Gasteiger partial charge in [-0.15, -0.1) is 0 Å². The highest BCUT2D eigenvalue weighted by molar-refractivity contribution is 6.11. The van der Waals surface area contributed by atoms with E-state index >= 15 is 0 Å². The highest BCUT2D eigenvalue weighted by Crippen LogP contribution is 2.46. The highest BCUT2D eigenvalue weighted by Gasteiger charge is 2.28. The topological polar surface area (TPSA) is 37.2 Å². The molecule has 0 amide bonds. The van der Waals surface area contributed by atoms with Crippen LogP contribution in [0.4, 0.5) is 34.1 Å². The van der Waals surface area contributed by atoms with Crippen LogP contribution in [0.25, 0.3) is 54.9 Å². The second-order valence-electron chi connectivity index (χ2n) is 17.3. The summed E-state index contributed by atoms with van der Waals surface area (Å²) < 4.78 is 2.68. The molecule has 3 aromatic heterocycles. The molecule has 1 aliphatic rings. The lowest BCUT2D eigenvalue weighted by Crippen LogP contribution is -2.18. The number of anilines is 6. The summed E-state index contributed by atoms with van der Waals surface area (Å²) in [7, 11) is 0. The molecule has 2 atom stereocenters. The summed E-state index contributed by atoms with van der Waals surface area (Å²) in [5.74, 6) is 0.449. The van der Waals surface area contributed by atoms with Crippen LogP contribution in [0.15, 0.2) is 225 Å². The van der Waals surface area contributed by atoms with Gasteiger partial charge in [0.2, 0.25) is 0 Å². The molecule has 312 valence electrons. The molecule has 3 heterocycles. The molecule has 11 aromatic rings. The van der Waals surface area contributed by atoms with E-state index in [1.807, 2.05) is 12.3 Å². The minimum Gasteiger partial charge on any atom is -0.337 e. The monoisotopic (exact) mass is 837 g/mol. The molecule has 65 heavy (non-hydrogen) atoms. The number of aromatic nitrogens is 3. The molecule has 0 saturated heterocycles. The molecule has 1 aliphatic carbocycles. The Morgan fingerprint density at radius 2 is 0.938 bits per heavy atom. The number of rotatable bonds is 9. The molecule has 5 nitrogen and oxygen atoms in total. The van der Waals surface area contributed by atoms with Crippen LogP contribution in [0, 0.1) is 0 Å². The predicted octanol–water partition coefficient (Wildman–Crippen LogP) is 16.4. The maximum Gasteiger partial charge on any atom is 0.0972 e. The van der Waals surface area contributed by atoms with Gasteiger partial charge in [-0.25, -0.2) is 4.98 Å². The second kappa shape index (κ2) is 16.6. The number of nitrogens with zero attached hydrogens (tertiary/aromatic N) is 5. The Morgan fingerprint density at radius 3 is 1.48 bits per heavy atom. The van der Waals surface area contributed by atoms with Crippen molar-refractivity contribution >= 4 is 77.7 Å². The minimum atomic E-state index is 0.340. The van der Waals surface area contributed by atoms with Crippen LogP contribution in [0.1, 0.15) is 43.2 Å². The van der Waals surface area contributed by atoms with Crippen molar-refractivity contribution in [3.8, 4) is 11.3 Å². The van der Waals surface area contributed by atoms with Crippen molar-refractivity contribution in [3.63, 3.8) is 0 Å². The molecular weight excluding hydrogens is 791 g/mol. The fourth-order valence-corrected chi connectivity index (χ4v) is 10.4. The van der Waals surface area contributed by atoms with Crippen LogP contribution in [0.3, 0.4) is 0 Å². The van der Waals surface area contributed by atoms with E-state index in [0.29, 0.717) is 12.0 Å². The Morgan fingerprint density at radius 1 is 0.431 bits per heavy atom. The quantitative estimate of drug-likeness (QED) is 0.136. The Balaban J connectivity index is 0.952. The van der Waals surface area contributed by atoms with E-state index in [0.717, 1.165) is 80.0 Å². The lowest BCUT2D eigenvalue weighted by atomic mass is 9.81. The van der Waals surface area contributed by atoms with E-state index in [-0.39, 0.29) is 0 Å². The van der Waals surface area contributed by atoms with Gasteiger partial charge < -0.3 is 14.4 Å². The van der Waals surface area contributed by atoms with Crippen LogP contribution in [0.2, 0.25) is 0 Å². The lowest BCUT2D eigenvalue weighted by molar-refractivity contribution is 0.331. The van der Waals surface area contributed by atoms with Crippen molar-refractivity contribution in [3.05, 3.63) is 230 Å². The number of hydrogen-bond acceptors (Lipinski definition) is 4. The molecule has 8 aromatic carbocycles. The van der Waals surface area contributed by atoms with Gasteiger partial charge in [-0.3, -0.25) is 4.98 Å². The van der Waals surface area contributed by atoms with Crippen molar-refractivity contribution in [2.45, 2.75) is 37.6 Å². The fourth-order valence-electron chi connectivity index (χ4n) is 10.4. The standard InChI is InChI=1S/C60H47N5/c1-5-17-47(18-6-1)63(48-19-7-2-8-20-48)52-33-36-57-54(40-52)55-41-53(64(49-21-9-3-10-22-49)50-23-11-4-12-24-50)34-37-58(55)65(57)51-25-13-15-46(39-51)42-26-28-43(29-27-42)56-35-32-45-31-30-44-16-14-38-61-59(44)60(45)62-56/h1-12,14,16-24,26-38,40-41,46,51H,13,15,25,39H2. The van der Waals surface area contributed by atoms with Crippen LogP contribution in [0.5, 0.6) is 0 Å². The first-order chi connectivity index (χ1) is 32.2. The molecule has 1 fully saturated rings. The van der Waals surface area contributed by atoms with Gasteiger partial charge in [0.25, 0.3) is 0 Å². The summed E-state index contributed by atoms with van der Waals surface area (Å²) in [4.78, 5) is 14.6. The SMILES string of the molecule is c1ccc(N(c2ccccc2)c2ccc3c(c2)c2cc(N(c4ccccc4)c4ccccc4)ccc2n3C2CCCC(c3ccc(-c4ccc5ccc6cccnc6c5n4)cc3)C2)cc1. The molecular formula is C60H47N5. The van der Waals surface area contributed by atoms with Crippen molar-refractivity contribution in [1.29, 1.82) is 0 Å². The molecule has 0 bridgehead atoms. The number of fused-ring (bicyclic) bond motifs is 6. The fraction of sp³-hybridized carbons (Fsp3) is 0.100. The summed E-state index contributed by atoms with van der Waals surface area (Å²) in [6, 6.07) is 79.4. The molecule has 0 N–H and O–H groups in total. The van der Waals surface area contributed by atoms with Gasteiger partial charge in [0.1, 0.15) is 0 Å². The zero-order chi connectivity index (χ0) is 43.1. The molecule has 5 heteroatoms. The van der Waals surface area contributed by atoms with Gasteiger partial charge in [-0.2, -0.15) is 0 Å². The van der Waals surface area contributed by atoms with E-state index in [9.17, 15) is 0 Å². The Labute approximate surface area is 379 Å². The Hall–Kier alpha value is -8.02. The molecule has 0 spiro atoms. The van der Waals surface area contributed by atoms with Crippen molar-refractivity contribution in [2.75, 3.05) is 9.80 Å². The third-order valence-electron chi connectivity index (χ3n) is 13.5. The molecule has 2 unspecified atom stereocenters. The molecule has 0 aliphatic heterocycles. The number of benzene rings is 8. The van der Waals surface area contributed by atoms with Gasteiger partial charge in [0.15, 0.2) is 0 Å². The zero-order valence-electron chi connectivity index (χ0n) is 36.1. The van der Waals surface area contributed by atoms with Gasteiger partial charge in [-0.05, 0) is 128 Å². The average molecular weight is 838 g/mol. The van der Waals surface area contributed by atoms with Gasteiger partial charge >= 0.3 is 0 Å². The maximum atomic E-state index is 5.15. The minimum absolute atomic E-state index is 0.340. The van der Waals surface area contributed by atoms with Crippen molar-refractivity contribution in [2.24, 2.45) is 0 Å². The van der Waals surface area contributed by atoms with E-state index in [1.165, 1.54) is 40.2 Å². The van der Waals surface area contributed by atoms with Gasteiger partial charge in [0.05, 0.1) is 16.7 Å². The zero-order valence-corrected chi connectivity index (χ0v) is 36.1. The summed E-state index contributed by atoms with van der Waals surface area (Å²) in [6.45, 7) is 0. The molecule has 0 radical (unpaired) electrons. The van der Waals surface area contributed by atoms with Crippen molar-refractivity contribution < 1.29 is 0 Å². The third-order valence-corrected chi connectivity index (χ3v) is 13.5. The Bertz CT molecular complexity index is 3220. The van der Waals surface area contributed by atoms with E-state index < -0.39 is 0 Å². The van der Waals surface area contributed by atoms with Crippen LogP contribution >= 0.6 is 0 Å². The first-order valence-corrected chi connectivity index (χ1v) is 22.9. The summed E-state index contributed by atoms with van der Waals surface area (Å²) in [5, 5.41) is 4.74. The van der Waals surface area contributed by atoms with E-state index in [4.69, 9.17) is 9.97 Å². The third kappa shape index (κ3) is 7.16. The summed E-state index contributed by atoms with van der Waals surface area (Å²) in [5.41, 5.74) is 14.7. The largest absolute Gasteiger partial charge is 0.337 e. The van der Waals surface area contributed by atoms with Crippen LogP contribution in [-0.2, 0) is 0 Å².